The van der Waals surface area contributed by atoms with Gasteiger partial charge in [-0.15, -0.1) is 0 Å². The molecule has 1 aliphatic carbocycles. The van der Waals surface area contributed by atoms with Gasteiger partial charge in [0.1, 0.15) is 6.04 Å². The molecule has 0 spiro atoms. The highest BCUT2D eigenvalue weighted by atomic mass is 79.9. The summed E-state index contributed by atoms with van der Waals surface area (Å²) >= 11 is 0. The van der Waals surface area contributed by atoms with E-state index in [2.05, 4.69) is 29.1 Å². The monoisotopic (exact) mass is 352 g/mol. The molecule has 0 N–H and O–H groups in total. The van der Waals surface area contributed by atoms with Crippen molar-refractivity contribution in [2.24, 2.45) is 0 Å². The Morgan fingerprint density at radius 2 is 2.05 bits per heavy atom. The van der Waals surface area contributed by atoms with Crippen molar-refractivity contribution >= 4 is 17.0 Å². The Labute approximate surface area is 135 Å². The van der Waals surface area contributed by atoms with Gasteiger partial charge < -0.3 is 21.7 Å². The third-order valence-corrected chi connectivity index (χ3v) is 4.06. The molecule has 0 amide bonds. The van der Waals surface area contributed by atoms with Crippen molar-refractivity contribution in [3.63, 3.8) is 0 Å². The zero-order valence-electron chi connectivity index (χ0n) is 12.3. The lowest BCUT2D eigenvalue weighted by Gasteiger charge is -2.04. The number of hydrogen-bond acceptors (Lipinski definition) is 2. The van der Waals surface area contributed by atoms with Crippen molar-refractivity contribution < 1.29 is 31.1 Å². The van der Waals surface area contributed by atoms with Crippen LogP contribution in [-0.2, 0) is 16.1 Å². The van der Waals surface area contributed by atoms with Crippen molar-refractivity contribution in [2.75, 3.05) is 6.61 Å². The number of aromatic nitrogens is 2. The first-order valence-electron chi connectivity index (χ1n) is 7.44. The summed E-state index contributed by atoms with van der Waals surface area (Å²) in [6.45, 7) is 2.55. The van der Waals surface area contributed by atoms with E-state index in [-0.39, 0.29) is 29.5 Å². The third-order valence-electron chi connectivity index (χ3n) is 4.06. The Morgan fingerprint density at radius 1 is 1.33 bits per heavy atom. The van der Waals surface area contributed by atoms with Crippen LogP contribution < -0.4 is 21.5 Å². The van der Waals surface area contributed by atoms with Crippen molar-refractivity contribution in [2.45, 2.75) is 45.2 Å². The van der Waals surface area contributed by atoms with Gasteiger partial charge in [-0.25, -0.2) is 13.9 Å². The van der Waals surface area contributed by atoms with Crippen molar-refractivity contribution in [1.29, 1.82) is 0 Å². The summed E-state index contributed by atoms with van der Waals surface area (Å²) in [5.74, 6) is -0.174. The zero-order chi connectivity index (χ0) is 13.9. The maximum Gasteiger partial charge on any atom is 0.348 e. The number of para-hydroxylation sites is 2. The molecule has 114 valence electrons. The van der Waals surface area contributed by atoms with E-state index in [1.165, 1.54) is 31.2 Å². The van der Waals surface area contributed by atoms with Crippen LogP contribution in [0.25, 0.3) is 11.0 Å². The molecule has 1 aromatic carbocycles. The van der Waals surface area contributed by atoms with Crippen LogP contribution in [0.2, 0.25) is 0 Å². The summed E-state index contributed by atoms with van der Waals surface area (Å²) in [6, 6.07) is 8.85. The van der Waals surface area contributed by atoms with Gasteiger partial charge in [-0.05, 0) is 44.7 Å². The number of carbonyl (C=O) groups is 1. The Bertz CT molecular complexity index is 618. The first-order valence-corrected chi connectivity index (χ1v) is 7.44. The SMILES string of the molecule is CCOC(=O)C[n+]1cn(C2CCCC2)c2ccccc21.[Br-]. The van der Waals surface area contributed by atoms with Crippen LogP contribution in [-0.4, -0.2) is 17.1 Å². The number of benzene rings is 1. The van der Waals surface area contributed by atoms with E-state index in [9.17, 15) is 4.79 Å². The maximum absolute atomic E-state index is 11.7. The van der Waals surface area contributed by atoms with Gasteiger partial charge in [-0.2, -0.15) is 0 Å². The molecule has 0 unspecified atom stereocenters. The van der Waals surface area contributed by atoms with Crippen LogP contribution in [0.4, 0.5) is 0 Å². The lowest BCUT2D eigenvalue weighted by molar-refractivity contribution is -0.661. The number of ether oxygens (including phenoxy) is 1. The van der Waals surface area contributed by atoms with E-state index >= 15 is 0 Å². The minimum atomic E-state index is -0.174. The van der Waals surface area contributed by atoms with Crippen LogP contribution in [0.1, 0.15) is 38.6 Å². The van der Waals surface area contributed by atoms with Crippen LogP contribution >= 0.6 is 0 Å². The predicted molar refractivity (Wildman–Crippen MR) is 76.3 cm³/mol. The molecular weight excluding hydrogens is 332 g/mol. The lowest BCUT2D eigenvalue weighted by Crippen LogP contribution is -3.00. The van der Waals surface area contributed by atoms with E-state index in [0.29, 0.717) is 12.6 Å². The van der Waals surface area contributed by atoms with Crippen LogP contribution in [0, 0.1) is 0 Å². The van der Waals surface area contributed by atoms with E-state index < -0.39 is 0 Å². The average Bonchev–Trinajstić information content (AvgIpc) is 3.07. The number of hydrogen-bond donors (Lipinski definition) is 0. The van der Waals surface area contributed by atoms with Gasteiger partial charge in [0.2, 0.25) is 6.33 Å². The summed E-state index contributed by atoms with van der Waals surface area (Å²) in [7, 11) is 0. The second kappa shape index (κ2) is 7.07. The van der Waals surface area contributed by atoms with Gasteiger partial charge in [0, 0.05) is 0 Å². The van der Waals surface area contributed by atoms with E-state index in [1.54, 1.807) is 0 Å². The number of nitrogens with zero attached hydrogens (tertiary/aromatic N) is 2. The maximum atomic E-state index is 11.7. The van der Waals surface area contributed by atoms with Gasteiger partial charge in [-0.3, -0.25) is 0 Å². The minimum absolute atomic E-state index is 0. The van der Waals surface area contributed by atoms with Gasteiger partial charge >= 0.3 is 5.97 Å². The standard InChI is InChI=1S/C16H21N2O2.BrH/c1-2-20-16(19)11-17-12-18(13-7-3-4-8-13)15-10-6-5-9-14(15)17;/h5-6,9-10,12-13H,2-4,7-8,11H2,1H3;1H/q+1;/p-1. The van der Waals surface area contributed by atoms with Crippen LogP contribution in [0.3, 0.4) is 0 Å². The fraction of sp³-hybridized carbons (Fsp3) is 0.500. The zero-order valence-corrected chi connectivity index (χ0v) is 13.9. The number of fused-ring (bicyclic) bond motifs is 1. The average molecular weight is 353 g/mol. The molecule has 1 heterocycles. The number of esters is 1. The highest BCUT2D eigenvalue weighted by molar-refractivity contribution is 5.73. The molecule has 1 aromatic heterocycles. The summed E-state index contributed by atoms with van der Waals surface area (Å²) < 4.78 is 9.40. The number of rotatable bonds is 4. The largest absolute Gasteiger partial charge is 1.00 e. The van der Waals surface area contributed by atoms with Crippen LogP contribution in [0.15, 0.2) is 30.6 Å². The number of carbonyl (C=O) groups excluding carboxylic acids is 1. The Hall–Kier alpha value is -1.36. The van der Waals surface area contributed by atoms with E-state index in [1.807, 2.05) is 17.6 Å². The first kappa shape index (κ1) is 16.0. The second-order valence-electron chi connectivity index (χ2n) is 5.38. The molecule has 0 bridgehead atoms. The van der Waals surface area contributed by atoms with E-state index in [0.717, 1.165) is 5.52 Å². The van der Waals surface area contributed by atoms with Crippen molar-refractivity contribution in [3.8, 4) is 0 Å². The summed E-state index contributed by atoms with van der Waals surface area (Å²) in [6.07, 6.45) is 7.15. The molecule has 3 rings (SSSR count). The topological polar surface area (TPSA) is 35.1 Å². The van der Waals surface area contributed by atoms with Crippen LogP contribution in [0.5, 0.6) is 0 Å². The molecule has 5 heteroatoms. The fourth-order valence-corrected chi connectivity index (χ4v) is 3.15. The predicted octanol–water partition coefficient (Wildman–Crippen LogP) is -0.389. The highest BCUT2D eigenvalue weighted by Gasteiger charge is 2.26. The van der Waals surface area contributed by atoms with E-state index in [4.69, 9.17) is 4.74 Å². The molecule has 4 nitrogen and oxygen atoms in total. The van der Waals surface area contributed by atoms with Gasteiger partial charge in [0.15, 0.2) is 17.6 Å². The molecule has 0 radical (unpaired) electrons. The molecule has 1 fully saturated rings. The number of halogens is 1. The highest BCUT2D eigenvalue weighted by Crippen LogP contribution is 2.31. The first-order chi connectivity index (χ1) is 9.79. The number of imidazole rings is 1. The normalized spacial score (nSPS) is 15.1. The molecule has 2 aromatic rings. The fourth-order valence-electron chi connectivity index (χ4n) is 3.15. The smallest absolute Gasteiger partial charge is 0.348 e. The Balaban J connectivity index is 0.00000161. The molecule has 0 atom stereocenters. The molecule has 0 aliphatic heterocycles. The molecule has 1 aliphatic rings. The summed E-state index contributed by atoms with van der Waals surface area (Å²) in [5.41, 5.74) is 2.32. The Morgan fingerprint density at radius 3 is 2.76 bits per heavy atom. The third kappa shape index (κ3) is 3.28. The molecule has 21 heavy (non-hydrogen) atoms. The quantitative estimate of drug-likeness (QED) is 0.555. The Kier molecular flexibility index (Phi) is 5.39. The molecule has 0 saturated heterocycles. The van der Waals surface area contributed by atoms with Gasteiger partial charge in [0.25, 0.3) is 0 Å². The lowest BCUT2D eigenvalue weighted by atomic mass is 10.2. The van der Waals surface area contributed by atoms with Gasteiger partial charge in [0.05, 0.1) is 6.61 Å². The molecule has 1 saturated carbocycles. The minimum Gasteiger partial charge on any atom is -1.00 e. The molecular formula is C16H21BrN2O2. The second-order valence-corrected chi connectivity index (χ2v) is 5.38. The summed E-state index contributed by atoms with van der Waals surface area (Å²) in [4.78, 5) is 11.7. The van der Waals surface area contributed by atoms with Crippen molar-refractivity contribution in [1.82, 2.24) is 4.57 Å². The summed E-state index contributed by atoms with van der Waals surface area (Å²) in [5, 5.41) is 0. The van der Waals surface area contributed by atoms with Crippen molar-refractivity contribution in [3.05, 3.63) is 30.6 Å². The van der Waals surface area contributed by atoms with Gasteiger partial charge in [-0.1, -0.05) is 12.1 Å².